The summed E-state index contributed by atoms with van der Waals surface area (Å²) in [6, 6.07) is 0. The maximum absolute atomic E-state index is 11.5. The molecule has 0 radical (unpaired) electrons. The van der Waals surface area contributed by atoms with E-state index >= 15 is 0 Å². The van der Waals surface area contributed by atoms with Gasteiger partial charge in [-0.05, 0) is 49.9 Å². The minimum atomic E-state index is -0.673. The Bertz CT molecular complexity index is 353. The molecular weight excluding hydrogens is 204 g/mol. The highest BCUT2D eigenvalue weighted by Crippen LogP contribution is 2.67. The van der Waals surface area contributed by atoms with Crippen molar-refractivity contribution < 1.29 is 15.0 Å². The summed E-state index contributed by atoms with van der Waals surface area (Å²) >= 11 is 0. The highest BCUT2D eigenvalue weighted by atomic mass is 16.4. The topological polar surface area (TPSA) is 57.5 Å². The fraction of sp³-hybridized carbons (Fsp3) is 0.923. The molecule has 0 aliphatic heterocycles. The minimum absolute atomic E-state index is 0.118. The van der Waals surface area contributed by atoms with Gasteiger partial charge in [0, 0.05) is 0 Å². The molecule has 0 heterocycles. The number of hydrogen-bond acceptors (Lipinski definition) is 2. The first kappa shape index (κ1) is 10.6. The molecule has 90 valence electrons. The van der Waals surface area contributed by atoms with Crippen molar-refractivity contribution in [2.75, 3.05) is 0 Å². The first-order valence-electron chi connectivity index (χ1n) is 6.37. The third kappa shape index (κ3) is 1.21. The summed E-state index contributed by atoms with van der Waals surface area (Å²) < 4.78 is 0. The average Bonchev–Trinajstić information content (AvgIpc) is 2.13. The Morgan fingerprint density at radius 3 is 2.56 bits per heavy atom. The fourth-order valence-electron chi connectivity index (χ4n) is 5.22. The largest absolute Gasteiger partial charge is 0.481 e. The quantitative estimate of drug-likeness (QED) is 0.756. The zero-order valence-electron chi connectivity index (χ0n) is 9.83. The molecule has 2 N–H and O–H groups in total. The minimum Gasteiger partial charge on any atom is -0.481 e. The molecule has 16 heavy (non-hydrogen) atoms. The van der Waals surface area contributed by atoms with E-state index in [9.17, 15) is 15.0 Å². The van der Waals surface area contributed by atoms with Gasteiger partial charge in [-0.15, -0.1) is 0 Å². The Hall–Kier alpha value is -0.570. The van der Waals surface area contributed by atoms with Crippen LogP contribution in [-0.2, 0) is 4.79 Å². The lowest BCUT2D eigenvalue weighted by atomic mass is 9.42. The van der Waals surface area contributed by atoms with Crippen molar-refractivity contribution in [3.05, 3.63) is 0 Å². The van der Waals surface area contributed by atoms with Crippen molar-refractivity contribution in [1.82, 2.24) is 0 Å². The third-order valence-electron chi connectivity index (χ3n) is 5.36. The molecule has 3 nitrogen and oxygen atoms in total. The molecule has 4 aliphatic carbocycles. The normalized spacial score (nSPS) is 54.2. The highest BCUT2D eigenvalue weighted by molar-refractivity contribution is 5.75. The summed E-state index contributed by atoms with van der Waals surface area (Å²) in [6.07, 6.45) is 5.91. The molecule has 4 saturated carbocycles. The standard InChI is InChI=1S/C13H20O3/c1-2-11-3-9-4-12(6-11,10(14)15)8-13(16,5-9)7-11/h9,16H,2-8H2,1H3,(H,14,15)/t9-,11+,12-,13-/m1/s1. The molecule has 0 aromatic rings. The van der Waals surface area contributed by atoms with Crippen LogP contribution in [0.2, 0.25) is 0 Å². The lowest BCUT2D eigenvalue weighted by Gasteiger charge is -2.63. The molecule has 0 aromatic carbocycles. The van der Waals surface area contributed by atoms with E-state index < -0.39 is 17.0 Å². The molecule has 0 spiro atoms. The van der Waals surface area contributed by atoms with Crippen molar-refractivity contribution >= 4 is 5.97 Å². The molecule has 0 saturated heterocycles. The molecule has 0 aromatic heterocycles. The van der Waals surface area contributed by atoms with Crippen LogP contribution in [0.25, 0.3) is 0 Å². The Labute approximate surface area is 95.9 Å². The van der Waals surface area contributed by atoms with Crippen LogP contribution >= 0.6 is 0 Å². The molecule has 4 fully saturated rings. The maximum Gasteiger partial charge on any atom is 0.309 e. The van der Waals surface area contributed by atoms with Gasteiger partial charge >= 0.3 is 5.97 Å². The number of carbonyl (C=O) groups is 1. The monoisotopic (exact) mass is 224 g/mol. The first-order valence-corrected chi connectivity index (χ1v) is 6.37. The Kier molecular flexibility index (Phi) is 1.86. The summed E-state index contributed by atoms with van der Waals surface area (Å²) in [6.45, 7) is 2.14. The Balaban J connectivity index is 2.04. The second-order valence-electron chi connectivity index (χ2n) is 6.67. The van der Waals surface area contributed by atoms with Gasteiger partial charge in [0.15, 0.2) is 0 Å². The lowest BCUT2D eigenvalue weighted by molar-refractivity contribution is -0.213. The van der Waals surface area contributed by atoms with Gasteiger partial charge in [-0.2, -0.15) is 0 Å². The number of carboxylic acid groups (broad SMARTS) is 1. The van der Waals surface area contributed by atoms with E-state index in [2.05, 4.69) is 6.92 Å². The smallest absolute Gasteiger partial charge is 0.309 e. The van der Waals surface area contributed by atoms with Crippen molar-refractivity contribution in [1.29, 1.82) is 0 Å². The first-order chi connectivity index (χ1) is 7.41. The van der Waals surface area contributed by atoms with Gasteiger partial charge in [0.1, 0.15) is 0 Å². The molecule has 4 bridgehead atoms. The van der Waals surface area contributed by atoms with Crippen LogP contribution in [0.3, 0.4) is 0 Å². The second-order valence-corrected chi connectivity index (χ2v) is 6.67. The van der Waals surface area contributed by atoms with E-state index in [0.29, 0.717) is 12.3 Å². The summed E-state index contributed by atoms with van der Waals surface area (Å²) in [4.78, 5) is 11.5. The lowest BCUT2D eigenvalue weighted by Crippen LogP contribution is -2.62. The molecule has 4 rings (SSSR count). The van der Waals surface area contributed by atoms with E-state index in [1.165, 1.54) is 0 Å². The van der Waals surface area contributed by atoms with Crippen LogP contribution < -0.4 is 0 Å². The predicted octanol–water partition coefficient (Wildman–Crippen LogP) is 2.18. The summed E-state index contributed by atoms with van der Waals surface area (Å²) in [5.74, 6) is -0.231. The molecule has 0 unspecified atom stereocenters. The van der Waals surface area contributed by atoms with Gasteiger partial charge in [0.2, 0.25) is 0 Å². The van der Waals surface area contributed by atoms with Crippen molar-refractivity contribution in [3.8, 4) is 0 Å². The highest BCUT2D eigenvalue weighted by Gasteiger charge is 2.64. The average molecular weight is 224 g/mol. The van der Waals surface area contributed by atoms with Crippen LogP contribution in [0.15, 0.2) is 0 Å². The Morgan fingerprint density at radius 1 is 1.25 bits per heavy atom. The van der Waals surface area contributed by atoms with E-state index in [4.69, 9.17) is 0 Å². The summed E-state index contributed by atoms with van der Waals surface area (Å²) in [5.41, 5.74) is -1.16. The number of carboxylic acids is 1. The van der Waals surface area contributed by atoms with Crippen LogP contribution in [0.5, 0.6) is 0 Å². The van der Waals surface area contributed by atoms with Crippen LogP contribution in [0.4, 0.5) is 0 Å². The number of hydrogen-bond donors (Lipinski definition) is 2. The summed E-state index contributed by atoms with van der Waals surface area (Å²) in [5, 5.41) is 20.0. The third-order valence-corrected chi connectivity index (χ3v) is 5.36. The van der Waals surface area contributed by atoms with Crippen LogP contribution in [-0.4, -0.2) is 21.8 Å². The molecular formula is C13H20O3. The zero-order valence-corrected chi connectivity index (χ0v) is 9.83. The van der Waals surface area contributed by atoms with Gasteiger partial charge < -0.3 is 10.2 Å². The molecule has 4 atom stereocenters. The van der Waals surface area contributed by atoms with E-state index in [-0.39, 0.29) is 5.41 Å². The predicted molar refractivity (Wildman–Crippen MR) is 58.9 cm³/mol. The molecule has 4 aliphatic rings. The SMILES string of the molecule is CC[C@@]12C[C@H]3C[C@@](O)(C1)C[C@@](C(=O)O)(C3)C2. The fourth-order valence-corrected chi connectivity index (χ4v) is 5.22. The van der Waals surface area contributed by atoms with Crippen molar-refractivity contribution in [2.24, 2.45) is 16.7 Å². The maximum atomic E-state index is 11.5. The van der Waals surface area contributed by atoms with Crippen LogP contribution in [0, 0.1) is 16.7 Å². The van der Waals surface area contributed by atoms with Gasteiger partial charge in [-0.25, -0.2) is 0 Å². The molecule has 0 amide bonds. The van der Waals surface area contributed by atoms with Gasteiger partial charge in [-0.3, -0.25) is 4.79 Å². The van der Waals surface area contributed by atoms with Crippen molar-refractivity contribution in [3.63, 3.8) is 0 Å². The van der Waals surface area contributed by atoms with E-state index in [1.807, 2.05) is 0 Å². The van der Waals surface area contributed by atoms with Gasteiger partial charge in [0.05, 0.1) is 11.0 Å². The van der Waals surface area contributed by atoms with E-state index in [0.717, 1.165) is 38.5 Å². The number of aliphatic carboxylic acids is 1. The number of aliphatic hydroxyl groups is 1. The van der Waals surface area contributed by atoms with E-state index in [1.54, 1.807) is 0 Å². The second kappa shape index (κ2) is 2.81. The van der Waals surface area contributed by atoms with Crippen LogP contribution in [0.1, 0.15) is 51.9 Å². The van der Waals surface area contributed by atoms with Gasteiger partial charge in [-0.1, -0.05) is 13.3 Å². The van der Waals surface area contributed by atoms with Gasteiger partial charge in [0.25, 0.3) is 0 Å². The number of rotatable bonds is 2. The summed E-state index contributed by atoms with van der Waals surface area (Å²) in [7, 11) is 0. The zero-order chi connectivity index (χ0) is 11.6. The molecule has 3 heteroatoms. The Morgan fingerprint density at radius 2 is 2.00 bits per heavy atom. The van der Waals surface area contributed by atoms with Crippen molar-refractivity contribution in [2.45, 2.75) is 57.5 Å².